The number of urea groups is 1. The van der Waals surface area contributed by atoms with Crippen molar-refractivity contribution in [2.24, 2.45) is 0 Å². The number of carbonyl (C=O) groups excluding carboxylic acids is 1. The smallest absolute Gasteiger partial charge is 0.319 e. The number of hydrogen-bond donors (Lipinski definition) is 3. The second-order valence-electron chi connectivity index (χ2n) is 4.72. The molecule has 0 aliphatic rings. The van der Waals surface area contributed by atoms with Gasteiger partial charge in [0.25, 0.3) is 0 Å². The molecular weight excluding hydrogens is 267 g/mol. The van der Waals surface area contributed by atoms with Gasteiger partial charge in [-0.3, -0.25) is 0 Å². The zero-order valence-electron chi connectivity index (χ0n) is 11.3. The van der Waals surface area contributed by atoms with Gasteiger partial charge in [-0.15, -0.1) is 0 Å². The van der Waals surface area contributed by atoms with Crippen molar-refractivity contribution in [2.75, 3.05) is 23.9 Å². The first-order chi connectivity index (χ1) is 8.84. The van der Waals surface area contributed by atoms with Gasteiger partial charge in [0.1, 0.15) is 5.82 Å². The van der Waals surface area contributed by atoms with Crippen LogP contribution in [0.25, 0.3) is 0 Å². The predicted octanol–water partition coefficient (Wildman–Crippen LogP) is 2.37. The van der Waals surface area contributed by atoms with Gasteiger partial charge in [-0.25, -0.2) is 9.18 Å². The highest BCUT2D eigenvalue weighted by molar-refractivity contribution is 7.98. The van der Waals surface area contributed by atoms with E-state index in [1.54, 1.807) is 19.9 Å². The largest absolute Gasteiger partial charge is 0.387 e. The predicted molar refractivity (Wildman–Crippen MR) is 77.2 cm³/mol. The molecule has 0 heterocycles. The van der Waals surface area contributed by atoms with Gasteiger partial charge in [0.2, 0.25) is 0 Å². The maximum absolute atomic E-state index is 13.5. The van der Waals surface area contributed by atoms with E-state index in [1.165, 1.54) is 23.9 Å². The van der Waals surface area contributed by atoms with Crippen LogP contribution in [-0.4, -0.2) is 35.3 Å². The zero-order chi connectivity index (χ0) is 14.5. The molecule has 0 fully saturated rings. The van der Waals surface area contributed by atoms with Crippen molar-refractivity contribution >= 4 is 23.5 Å². The standard InChI is InChI=1S/C13H19FN2O2S/c1-9-4-5-11(10(14)6-9)16-12(17)15-7-13(2,18)8-19-3/h4-6,18H,7-8H2,1-3H3,(H2,15,16,17). The Balaban J connectivity index is 2.52. The van der Waals surface area contributed by atoms with Crippen LogP contribution in [0.2, 0.25) is 0 Å². The number of aryl methyl sites for hydroxylation is 1. The van der Waals surface area contributed by atoms with Gasteiger partial charge >= 0.3 is 6.03 Å². The third-order valence-electron chi connectivity index (χ3n) is 2.46. The molecule has 0 saturated carbocycles. The van der Waals surface area contributed by atoms with Crippen molar-refractivity contribution in [3.63, 3.8) is 0 Å². The molecule has 1 rings (SSSR count). The van der Waals surface area contributed by atoms with E-state index in [0.717, 1.165) is 5.56 Å². The molecule has 0 aliphatic heterocycles. The first-order valence-corrected chi connectivity index (χ1v) is 7.26. The summed E-state index contributed by atoms with van der Waals surface area (Å²) in [7, 11) is 0. The first-order valence-electron chi connectivity index (χ1n) is 5.86. The van der Waals surface area contributed by atoms with Crippen LogP contribution in [0.3, 0.4) is 0 Å². The Morgan fingerprint density at radius 3 is 2.79 bits per heavy atom. The Labute approximate surface area is 116 Å². The molecule has 106 valence electrons. The number of carbonyl (C=O) groups is 1. The topological polar surface area (TPSA) is 61.4 Å². The number of hydrogen-bond acceptors (Lipinski definition) is 3. The highest BCUT2D eigenvalue weighted by Crippen LogP contribution is 2.15. The molecule has 19 heavy (non-hydrogen) atoms. The Morgan fingerprint density at radius 2 is 2.21 bits per heavy atom. The minimum absolute atomic E-state index is 0.104. The molecule has 0 spiro atoms. The Bertz CT molecular complexity index is 452. The molecule has 1 aromatic carbocycles. The van der Waals surface area contributed by atoms with E-state index in [4.69, 9.17) is 0 Å². The fourth-order valence-corrected chi connectivity index (χ4v) is 2.24. The quantitative estimate of drug-likeness (QED) is 0.779. The van der Waals surface area contributed by atoms with Crippen LogP contribution >= 0.6 is 11.8 Å². The van der Waals surface area contributed by atoms with E-state index in [9.17, 15) is 14.3 Å². The molecule has 4 nitrogen and oxygen atoms in total. The van der Waals surface area contributed by atoms with Gasteiger partial charge in [0.05, 0.1) is 11.3 Å². The summed E-state index contributed by atoms with van der Waals surface area (Å²) in [6.45, 7) is 3.51. The lowest BCUT2D eigenvalue weighted by molar-refractivity contribution is 0.0876. The molecule has 1 aromatic rings. The lowest BCUT2D eigenvalue weighted by Crippen LogP contribution is -2.44. The average molecular weight is 286 g/mol. The van der Waals surface area contributed by atoms with Crippen molar-refractivity contribution in [3.8, 4) is 0 Å². The third-order valence-corrected chi connectivity index (χ3v) is 3.37. The van der Waals surface area contributed by atoms with Crippen LogP contribution in [0.15, 0.2) is 18.2 Å². The summed E-state index contributed by atoms with van der Waals surface area (Å²) in [5.74, 6) is 0.0256. The summed E-state index contributed by atoms with van der Waals surface area (Å²) >= 11 is 1.49. The van der Waals surface area contributed by atoms with Crippen LogP contribution in [0.1, 0.15) is 12.5 Å². The van der Waals surface area contributed by atoms with E-state index in [-0.39, 0.29) is 12.2 Å². The highest BCUT2D eigenvalue weighted by Gasteiger charge is 2.20. The van der Waals surface area contributed by atoms with Gasteiger partial charge in [-0.05, 0) is 37.8 Å². The third kappa shape index (κ3) is 5.48. The summed E-state index contributed by atoms with van der Waals surface area (Å²) in [6.07, 6.45) is 1.87. The second-order valence-corrected chi connectivity index (χ2v) is 5.59. The molecule has 0 saturated heterocycles. The van der Waals surface area contributed by atoms with E-state index in [2.05, 4.69) is 10.6 Å². The normalized spacial score (nSPS) is 13.7. The molecule has 0 bridgehead atoms. The van der Waals surface area contributed by atoms with Crippen molar-refractivity contribution in [3.05, 3.63) is 29.6 Å². The number of thioether (sulfide) groups is 1. The van der Waals surface area contributed by atoms with Crippen molar-refractivity contribution in [1.29, 1.82) is 0 Å². The molecule has 2 amide bonds. The van der Waals surface area contributed by atoms with E-state index < -0.39 is 17.4 Å². The second kappa shape index (κ2) is 6.77. The monoisotopic (exact) mass is 286 g/mol. The molecule has 1 atom stereocenters. The minimum atomic E-state index is -0.984. The van der Waals surface area contributed by atoms with Gasteiger partial charge in [0, 0.05) is 12.3 Å². The van der Waals surface area contributed by atoms with Crippen LogP contribution in [0.5, 0.6) is 0 Å². The number of aliphatic hydroxyl groups is 1. The van der Waals surface area contributed by atoms with Crippen LogP contribution in [-0.2, 0) is 0 Å². The summed E-state index contributed by atoms with van der Waals surface area (Å²) < 4.78 is 13.5. The Morgan fingerprint density at radius 1 is 1.53 bits per heavy atom. The highest BCUT2D eigenvalue weighted by atomic mass is 32.2. The maximum atomic E-state index is 13.5. The first kappa shape index (κ1) is 15.8. The number of benzene rings is 1. The number of rotatable bonds is 5. The number of nitrogens with one attached hydrogen (secondary N) is 2. The van der Waals surface area contributed by atoms with E-state index in [1.807, 2.05) is 6.26 Å². The Hall–Kier alpha value is -1.27. The molecule has 1 unspecified atom stereocenters. The van der Waals surface area contributed by atoms with Gasteiger partial charge < -0.3 is 15.7 Å². The zero-order valence-corrected chi connectivity index (χ0v) is 12.1. The van der Waals surface area contributed by atoms with Gasteiger partial charge in [-0.2, -0.15) is 11.8 Å². The fraction of sp³-hybridized carbons (Fsp3) is 0.462. The van der Waals surface area contributed by atoms with Crippen LogP contribution in [0, 0.1) is 12.7 Å². The van der Waals surface area contributed by atoms with Crippen LogP contribution < -0.4 is 10.6 Å². The fourth-order valence-electron chi connectivity index (χ4n) is 1.52. The van der Waals surface area contributed by atoms with Gasteiger partial charge in [-0.1, -0.05) is 6.07 Å². The lowest BCUT2D eigenvalue weighted by Gasteiger charge is -2.22. The molecule has 0 radical (unpaired) electrons. The minimum Gasteiger partial charge on any atom is -0.387 e. The van der Waals surface area contributed by atoms with Crippen LogP contribution in [0.4, 0.5) is 14.9 Å². The SMILES string of the molecule is CSCC(C)(O)CNC(=O)Nc1ccc(C)cc1F. The van der Waals surface area contributed by atoms with Crippen molar-refractivity contribution in [1.82, 2.24) is 5.32 Å². The summed E-state index contributed by atoms with van der Waals surface area (Å²) in [6, 6.07) is 4.02. The number of halogens is 1. The molecule has 3 N–H and O–H groups in total. The summed E-state index contributed by atoms with van der Waals surface area (Å²) in [4.78, 5) is 11.6. The summed E-state index contributed by atoms with van der Waals surface area (Å²) in [5.41, 5.74) is -0.0817. The number of amides is 2. The van der Waals surface area contributed by atoms with E-state index >= 15 is 0 Å². The summed E-state index contributed by atoms with van der Waals surface area (Å²) in [5, 5.41) is 14.8. The lowest BCUT2D eigenvalue weighted by atomic mass is 10.1. The van der Waals surface area contributed by atoms with E-state index in [0.29, 0.717) is 5.75 Å². The number of anilines is 1. The van der Waals surface area contributed by atoms with Crippen molar-refractivity contribution < 1.29 is 14.3 Å². The Kier molecular flexibility index (Phi) is 5.62. The van der Waals surface area contributed by atoms with Crippen molar-refractivity contribution in [2.45, 2.75) is 19.4 Å². The molecule has 0 aliphatic carbocycles. The maximum Gasteiger partial charge on any atom is 0.319 e. The molecule has 0 aromatic heterocycles. The average Bonchev–Trinajstić information content (AvgIpc) is 2.30. The molecule has 6 heteroatoms. The van der Waals surface area contributed by atoms with Gasteiger partial charge in [0.15, 0.2) is 0 Å². The molecular formula is C13H19FN2O2S.